The molecule has 0 unspecified atom stereocenters. The molecule has 0 atom stereocenters. The maximum Gasteiger partial charge on any atom is 0.319 e. The predicted molar refractivity (Wildman–Crippen MR) is 152 cm³/mol. The van der Waals surface area contributed by atoms with Crippen LogP contribution < -0.4 is 15.5 Å². The van der Waals surface area contributed by atoms with E-state index in [2.05, 4.69) is 49.7 Å². The van der Waals surface area contributed by atoms with Gasteiger partial charge in [-0.3, -0.25) is 4.90 Å². The molecule has 1 saturated heterocycles. The number of rotatable bonds is 6. The van der Waals surface area contributed by atoms with Gasteiger partial charge in [0.1, 0.15) is 5.15 Å². The van der Waals surface area contributed by atoms with Gasteiger partial charge < -0.3 is 15.5 Å². The van der Waals surface area contributed by atoms with Gasteiger partial charge in [0.25, 0.3) is 0 Å². The molecule has 6 rings (SSSR count). The molecule has 2 aliphatic rings. The molecule has 2 aromatic carbocycles. The van der Waals surface area contributed by atoms with Crippen LogP contribution in [0, 0.1) is 0 Å². The van der Waals surface area contributed by atoms with Crippen molar-refractivity contribution in [1.29, 1.82) is 0 Å². The van der Waals surface area contributed by atoms with E-state index in [1.807, 2.05) is 35.0 Å². The molecule has 2 fully saturated rings. The van der Waals surface area contributed by atoms with E-state index in [0.29, 0.717) is 17.4 Å². The summed E-state index contributed by atoms with van der Waals surface area (Å²) >= 11 is 5.82. The lowest BCUT2D eigenvalue weighted by Gasteiger charge is -2.38. The number of urea groups is 1. The first-order valence-corrected chi connectivity index (χ1v) is 13.7. The third-order valence-corrected chi connectivity index (χ3v) is 7.86. The summed E-state index contributed by atoms with van der Waals surface area (Å²) in [6, 6.07) is 20.2. The van der Waals surface area contributed by atoms with E-state index < -0.39 is 0 Å². The largest absolute Gasteiger partial charge is 0.352 e. The summed E-state index contributed by atoms with van der Waals surface area (Å²) < 4.78 is 2.01. The molecule has 8 nitrogen and oxygen atoms in total. The summed E-state index contributed by atoms with van der Waals surface area (Å²) in [6.07, 6.45) is 7.10. The fourth-order valence-corrected chi connectivity index (χ4v) is 5.71. The van der Waals surface area contributed by atoms with Gasteiger partial charge in [-0.15, -0.1) is 5.10 Å². The number of hydrogen-bond donors (Lipinski definition) is 2. The minimum Gasteiger partial charge on any atom is -0.352 e. The Kier molecular flexibility index (Phi) is 7.16. The zero-order valence-electron chi connectivity index (χ0n) is 21.3. The number of amides is 2. The highest BCUT2D eigenvalue weighted by molar-refractivity contribution is 6.29. The number of halogens is 1. The molecule has 2 N–H and O–H groups in total. The van der Waals surface area contributed by atoms with Gasteiger partial charge in [0.2, 0.25) is 0 Å². The Morgan fingerprint density at radius 1 is 0.947 bits per heavy atom. The Labute approximate surface area is 227 Å². The number of piperazine rings is 1. The molecule has 2 aromatic heterocycles. The fraction of sp³-hybridized carbons (Fsp3) is 0.345. The first kappa shape index (κ1) is 24.7. The van der Waals surface area contributed by atoms with Crippen LogP contribution in [0.3, 0.4) is 0 Å². The topological polar surface area (TPSA) is 78.3 Å². The van der Waals surface area contributed by atoms with Gasteiger partial charge in [-0.25, -0.2) is 14.5 Å². The molecule has 0 spiro atoms. The normalized spacial score (nSPS) is 16.7. The van der Waals surface area contributed by atoms with Crippen LogP contribution in [0.15, 0.2) is 66.9 Å². The van der Waals surface area contributed by atoms with Crippen LogP contribution in [0.2, 0.25) is 5.15 Å². The first-order chi connectivity index (χ1) is 18.6. The maximum atomic E-state index is 12.4. The SMILES string of the molecule is O=C(NCc1ccc(Cl)nc1)Nc1ccc(-n2nc(N3CCN(C4CCCC4)CC3)c3ccccc32)cc1. The van der Waals surface area contributed by atoms with Gasteiger partial charge in [-0.05, 0) is 60.9 Å². The molecule has 9 heteroatoms. The van der Waals surface area contributed by atoms with Gasteiger partial charge in [-0.1, -0.05) is 42.6 Å². The minimum atomic E-state index is -0.281. The number of carbonyl (C=O) groups is 1. The van der Waals surface area contributed by atoms with Gasteiger partial charge in [-0.2, -0.15) is 0 Å². The van der Waals surface area contributed by atoms with Crippen LogP contribution in [-0.2, 0) is 6.54 Å². The van der Waals surface area contributed by atoms with E-state index in [-0.39, 0.29) is 6.03 Å². The number of aromatic nitrogens is 3. The summed E-state index contributed by atoms with van der Waals surface area (Å²) in [6.45, 7) is 4.57. The van der Waals surface area contributed by atoms with Crippen molar-refractivity contribution in [3.8, 4) is 5.69 Å². The Bertz CT molecular complexity index is 1390. The van der Waals surface area contributed by atoms with E-state index in [9.17, 15) is 4.79 Å². The average molecular weight is 530 g/mol. The van der Waals surface area contributed by atoms with E-state index >= 15 is 0 Å². The first-order valence-electron chi connectivity index (χ1n) is 13.4. The summed E-state index contributed by atoms with van der Waals surface area (Å²) in [5, 5.41) is 12.4. The molecule has 0 bridgehead atoms. The number of nitrogens with zero attached hydrogens (tertiary/aromatic N) is 5. The number of pyridine rings is 1. The van der Waals surface area contributed by atoms with Gasteiger partial charge in [0.05, 0.1) is 11.2 Å². The monoisotopic (exact) mass is 529 g/mol. The highest BCUT2D eigenvalue weighted by Gasteiger charge is 2.28. The molecular formula is C29H32ClN7O. The molecule has 1 aliphatic carbocycles. The third kappa shape index (κ3) is 5.33. The number of anilines is 2. The van der Waals surface area contributed by atoms with Crippen LogP contribution in [0.5, 0.6) is 0 Å². The maximum absolute atomic E-state index is 12.4. The van der Waals surface area contributed by atoms with Crippen molar-refractivity contribution < 1.29 is 4.79 Å². The molecule has 38 heavy (non-hydrogen) atoms. The van der Waals surface area contributed by atoms with Crippen molar-refractivity contribution in [2.24, 2.45) is 0 Å². The Morgan fingerprint density at radius 2 is 1.71 bits per heavy atom. The lowest BCUT2D eigenvalue weighted by Crippen LogP contribution is -2.49. The molecule has 196 valence electrons. The zero-order chi connectivity index (χ0) is 25.9. The lowest BCUT2D eigenvalue weighted by molar-refractivity contribution is 0.187. The molecule has 1 aliphatic heterocycles. The van der Waals surface area contributed by atoms with Crippen LogP contribution in [0.4, 0.5) is 16.3 Å². The second kappa shape index (κ2) is 11.0. The summed E-state index contributed by atoms with van der Waals surface area (Å²) in [7, 11) is 0. The van der Waals surface area contributed by atoms with Crippen molar-refractivity contribution in [3.63, 3.8) is 0 Å². The van der Waals surface area contributed by atoms with E-state index in [4.69, 9.17) is 16.7 Å². The van der Waals surface area contributed by atoms with E-state index in [1.54, 1.807) is 12.3 Å². The predicted octanol–water partition coefficient (Wildman–Crippen LogP) is 5.46. The smallest absolute Gasteiger partial charge is 0.319 e. The van der Waals surface area contributed by atoms with Crippen LogP contribution in [0.1, 0.15) is 31.2 Å². The van der Waals surface area contributed by atoms with Crippen molar-refractivity contribution in [2.75, 3.05) is 36.4 Å². The Balaban J connectivity index is 1.13. The molecule has 4 aromatic rings. The van der Waals surface area contributed by atoms with Crippen LogP contribution in [0.25, 0.3) is 16.6 Å². The van der Waals surface area contributed by atoms with E-state index in [0.717, 1.165) is 54.8 Å². The fourth-order valence-electron chi connectivity index (χ4n) is 5.60. The van der Waals surface area contributed by atoms with Crippen LogP contribution >= 0.6 is 11.6 Å². The molecule has 3 heterocycles. The number of benzene rings is 2. The second-order valence-corrected chi connectivity index (χ2v) is 10.4. The van der Waals surface area contributed by atoms with Crippen molar-refractivity contribution in [2.45, 2.75) is 38.3 Å². The van der Waals surface area contributed by atoms with E-state index in [1.165, 1.54) is 31.1 Å². The van der Waals surface area contributed by atoms with Gasteiger partial charge in [0.15, 0.2) is 5.82 Å². The van der Waals surface area contributed by atoms with Gasteiger partial charge >= 0.3 is 6.03 Å². The zero-order valence-corrected chi connectivity index (χ0v) is 22.1. The second-order valence-electron chi connectivity index (χ2n) is 10.1. The summed E-state index contributed by atoms with van der Waals surface area (Å²) in [5.74, 6) is 1.05. The molecule has 2 amide bonds. The number of para-hydroxylation sites is 1. The lowest BCUT2D eigenvalue weighted by atomic mass is 10.1. The number of nitrogens with one attached hydrogen (secondary N) is 2. The Hall–Kier alpha value is -3.62. The summed E-state index contributed by atoms with van der Waals surface area (Å²) in [4.78, 5) is 21.5. The Morgan fingerprint density at radius 3 is 2.45 bits per heavy atom. The number of hydrogen-bond acceptors (Lipinski definition) is 5. The number of fused-ring (bicyclic) bond motifs is 1. The minimum absolute atomic E-state index is 0.281. The average Bonchev–Trinajstić information content (AvgIpc) is 3.62. The van der Waals surface area contributed by atoms with Crippen molar-refractivity contribution >= 4 is 40.0 Å². The highest BCUT2D eigenvalue weighted by Crippen LogP contribution is 2.31. The molecule has 1 saturated carbocycles. The summed E-state index contributed by atoms with van der Waals surface area (Å²) in [5.41, 5.74) is 3.62. The molecular weight excluding hydrogens is 498 g/mol. The highest BCUT2D eigenvalue weighted by atomic mass is 35.5. The molecule has 0 radical (unpaired) electrons. The quantitative estimate of drug-likeness (QED) is 0.324. The standard InChI is InChI=1S/C29H32ClN7O/c30-27-14-9-21(19-31-27)20-32-29(38)33-22-10-12-24(13-11-22)37-26-8-4-3-7-25(26)28(34-37)36-17-15-35(16-18-36)23-5-1-2-6-23/h3-4,7-14,19,23H,1-2,5-6,15-18,20H2,(H2,32,33,38). The third-order valence-electron chi connectivity index (χ3n) is 7.63. The van der Waals surface area contributed by atoms with Gasteiger partial charge in [0, 0.05) is 56.0 Å². The van der Waals surface area contributed by atoms with Crippen molar-refractivity contribution in [1.82, 2.24) is 25.0 Å². The van der Waals surface area contributed by atoms with Crippen molar-refractivity contribution in [3.05, 3.63) is 77.6 Å². The number of carbonyl (C=O) groups excluding carboxylic acids is 1. The van der Waals surface area contributed by atoms with Crippen LogP contribution in [-0.4, -0.2) is 57.9 Å².